The summed E-state index contributed by atoms with van der Waals surface area (Å²) in [4.78, 5) is 32.8. The van der Waals surface area contributed by atoms with Crippen LogP contribution in [-0.4, -0.2) is 21.8 Å². The van der Waals surface area contributed by atoms with Crippen LogP contribution in [0.3, 0.4) is 0 Å². The van der Waals surface area contributed by atoms with Gasteiger partial charge in [0.15, 0.2) is 0 Å². The number of hydrogen-bond acceptors (Lipinski definition) is 3. The Bertz CT molecular complexity index is 1310. The molecule has 1 aromatic heterocycles. The van der Waals surface area contributed by atoms with Crippen molar-refractivity contribution in [1.82, 2.24) is 9.97 Å². The van der Waals surface area contributed by atoms with E-state index in [0.29, 0.717) is 16.3 Å². The van der Waals surface area contributed by atoms with E-state index in [4.69, 9.17) is 11.6 Å². The molecule has 33 heavy (non-hydrogen) atoms. The Morgan fingerprint density at radius 2 is 1.58 bits per heavy atom. The third-order valence-electron chi connectivity index (χ3n) is 6.00. The molecule has 2 amide bonds. The van der Waals surface area contributed by atoms with E-state index in [9.17, 15) is 9.59 Å². The minimum atomic E-state index is -0.199. The molecule has 0 saturated heterocycles. The van der Waals surface area contributed by atoms with Gasteiger partial charge < -0.3 is 15.6 Å². The summed E-state index contributed by atoms with van der Waals surface area (Å²) in [5.74, 6) is 0.745. The van der Waals surface area contributed by atoms with Crippen LogP contribution in [0.15, 0.2) is 66.7 Å². The molecule has 166 valence electrons. The van der Waals surface area contributed by atoms with Gasteiger partial charge in [-0.3, -0.25) is 9.59 Å². The normalized spacial score (nSPS) is 13.8. The second-order valence-electron chi connectivity index (χ2n) is 8.33. The first-order valence-corrected chi connectivity index (χ1v) is 11.4. The molecular formula is C26H23ClN4O2. The Morgan fingerprint density at radius 3 is 2.30 bits per heavy atom. The summed E-state index contributed by atoms with van der Waals surface area (Å²) >= 11 is 5.88. The lowest BCUT2D eigenvalue weighted by Gasteiger charge is -2.10. The lowest BCUT2D eigenvalue weighted by atomic mass is 10.1. The fraction of sp³-hybridized carbons (Fsp3) is 0.192. The number of aromatic nitrogens is 2. The van der Waals surface area contributed by atoms with Crippen molar-refractivity contribution in [2.24, 2.45) is 5.92 Å². The Morgan fingerprint density at radius 1 is 0.879 bits per heavy atom. The second kappa shape index (κ2) is 9.08. The lowest BCUT2D eigenvalue weighted by Crippen LogP contribution is -2.20. The molecule has 1 fully saturated rings. The first-order chi connectivity index (χ1) is 16.0. The van der Waals surface area contributed by atoms with E-state index in [1.807, 2.05) is 42.5 Å². The van der Waals surface area contributed by atoms with Gasteiger partial charge in [0, 0.05) is 33.4 Å². The van der Waals surface area contributed by atoms with Crippen LogP contribution >= 0.6 is 11.6 Å². The zero-order valence-corrected chi connectivity index (χ0v) is 18.7. The van der Waals surface area contributed by atoms with Crippen LogP contribution in [0.2, 0.25) is 5.02 Å². The van der Waals surface area contributed by atoms with E-state index in [1.54, 1.807) is 24.3 Å². The van der Waals surface area contributed by atoms with Crippen LogP contribution in [0.1, 0.15) is 36.0 Å². The molecule has 0 spiro atoms. The van der Waals surface area contributed by atoms with E-state index in [1.165, 1.54) is 0 Å². The molecule has 0 radical (unpaired) electrons. The summed E-state index contributed by atoms with van der Waals surface area (Å²) in [5, 5.41) is 6.50. The molecule has 0 bridgehead atoms. The standard InChI is InChI=1S/C26H23ClN4O2/c27-19-9-5-18(6-10-19)26(33)28-20-11-7-16(8-12-20)24-30-22-14-13-21(15-23(22)31-24)29-25(32)17-3-1-2-4-17/h5-15,17H,1-4H2,(H,28,33)(H,29,32)(H,30,31). The molecule has 6 nitrogen and oxygen atoms in total. The SMILES string of the molecule is O=C(Nc1ccc(-c2nc3ccc(NC(=O)C4CCCC4)cc3[nH]2)cc1)c1ccc(Cl)cc1. The third-order valence-corrected chi connectivity index (χ3v) is 6.25. The molecule has 3 N–H and O–H groups in total. The summed E-state index contributed by atoms with van der Waals surface area (Å²) in [5.41, 5.74) is 4.57. The molecule has 1 aliphatic rings. The van der Waals surface area contributed by atoms with Gasteiger partial charge in [-0.1, -0.05) is 24.4 Å². The molecule has 0 unspecified atom stereocenters. The van der Waals surface area contributed by atoms with Gasteiger partial charge in [0.25, 0.3) is 5.91 Å². The number of nitrogens with zero attached hydrogens (tertiary/aromatic N) is 1. The molecule has 4 aromatic rings. The van der Waals surface area contributed by atoms with Crippen molar-refractivity contribution < 1.29 is 9.59 Å². The second-order valence-corrected chi connectivity index (χ2v) is 8.76. The Hall–Kier alpha value is -3.64. The van der Waals surface area contributed by atoms with Crippen molar-refractivity contribution in [3.63, 3.8) is 0 Å². The topological polar surface area (TPSA) is 86.9 Å². The summed E-state index contributed by atoms with van der Waals surface area (Å²) in [6.45, 7) is 0. The molecular weight excluding hydrogens is 436 g/mol. The van der Waals surface area contributed by atoms with Gasteiger partial charge >= 0.3 is 0 Å². The summed E-state index contributed by atoms with van der Waals surface area (Å²) in [6.07, 6.45) is 4.20. The highest BCUT2D eigenvalue weighted by Crippen LogP contribution is 2.28. The van der Waals surface area contributed by atoms with Crippen molar-refractivity contribution in [2.75, 3.05) is 10.6 Å². The smallest absolute Gasteiger partial charge is 0.255 e. The maximum atomic E-state index is 12.4. The van der Waals surface area contributed by atoms with Crippen molar-refractivity contribution in [3.8, 4) is 11.4 Å². The van der Waals surface area contributed by atoms with E-state index in [-0.39, 0.29) is 17.7 Å². The molecule has 0 aliphatic heterocycles. The molecule has 5 rings (SSSR count). The Balaban J connectivity index is 1.29. The van der Waals surface area contributed by atoms with Crippen molar-refractivity contribution in [2.45, 2.75) is 25.7 Å². The third kappa shape index (κ3) is 4.76. The van der Waals surface area contributed by atoms with Crippen LogP contribution in [-0.2, 0) is 4.79 Å². The predicted molar refractivity (Wildman–Crippen MR) is 132 cm³/mol. The molecule has 1 heterocycles. The number of fused-ring (bicyclic) bond motifs is 1. The van der Waals surface area contributed by atoms with Crippen molar-refractivity contribution >= 4 is 45.8 Å². The number of nitrogens with one attached hydrogen (secondary N) is 3. The van der Waals surface area contributed by atoms with E-state index in [2.05, 4.69) is 20.6 Å². The van der Waals surface area contributed by atoms with Crippen molar-refractivity contribution in [1.29, 1.82) is 0 Å². The summed E-state index contributed by atoms with van der Waals surface area (Å²) in [7, 11) is 0. The highest BCUT2D eigenvalue weighted by Gasteiger charge is 2.22. The van der Waals surface area contributed by atoms with Crippen molar-refractivity contribution in [3.05, 3.63) is 77.3 Å². The van der Waals surface area contributed by atoms with Gasteiger partial charge in [-0.25, -0.2) is 4.98 Å². The number of amides is 2. The molecule has 1 saturated carbocycles. The van der Waals surface area contributed by atoms with Gasteiger partial charge in [-0.05, 0) is 79.6 Å². The Labute approximate surface area is 196 Å². The molecule has 0 atom stereocenters. The average Bonchev–Trinajstić information content (AvgIpc) is 3.50. The van der Waals surface area contributed by atoms with Gasteiger partial charge in [0.05, 0.1) is 11.0 Å². The van der Waals surface area contributed by atoms with E-state index in [0.717, 1.165) is 53.8 Å². The van der Waals surface area contributed by atoms with Gasteiger partial charge in [-0.2, -0.15) is 0 Å². The molecule has 1 aliphatic carbocycles. The number of imidazole rings is 1. The van der Waals surface area contributed by atoms with Gasteiger partial charge in [0.1, 0.15) is 5.82 Å². The number of anilines is 2. The highest BCUT2D eigenvalue weighted by molar-refractivity contribution is 6.30. The maximum Gasteiger partial charge on any atom is 0.255 e. The van der Waals surface area contributed by atoms with Crippen LogP contribution in [0.5, 0.6) is 0 Å². The number of carbonyl (C=O) groups is 2. The number of hydrogen-bond donors (Lipinski definition) is 3. The maximum absolute atomic E-state index is 12.4. The number of H-pyrrole nitrogens is 1. The zero-order valence-electron chi connectivity index (χ0n) is 17.9. The number of benzene rings is 3. The van der Waals surface area contributed by atoms with Crippen LogP contribution in [0.25, 0.3) is 22.4 Å². The van der Waals surface area contributed by atoms with Crippen LogP contribution in [0, 0.1) is 5.92 Å². The summed E-state index contributed by atoms with van der Waals surface area (Å²) in [6, 6.07) is 19.9. The average molecular weight is 459 g/mol. The monoisotopic (exact) mass is 458 g/mol. The summed E-state index contributed by atoms with van der Waals surface area (Å²) < 4.78 is 0. The molecule has 3 aromatic carbocycles. The lowest BCUT2D eigenvalue weighted by molar-refractivity contribution is -0.119. The van der Waals surface area contributed by atoms with E-state index >= 15 is 0 Å². The minimum absolute atomic E-state index is 0.0998. The van der Waals surface area contributed by atoms with Gasteiger partial charge in [-0.15, -0.1) is 0 Å². The number of halogens is 1. The predicted octanol–water partition coefficient (Wildman–Crippen LogP) is 6.26. The largest absolute Gasteiger partial charge is 0.338 e. The van der Waals surface area contributed by atoms with Crippen LogP contribution in [0.4, 0.5) is 11.4 Å². The first-order valence-electron chi connectivity index (χ1n) is 11.0. The first kappa shape index (κ1) is 21.2. The number of carbonyl (C=O) groups excluding carboxylic acids is 2. The van der Waals surface area contributed by atoms with Crippen LogP contribution < -0.4 is 10.6 Å². The minimum Gasteiger partial charge on any atom is -0.338 e. The number of aromatic amines is 1. The highest BCUT2D eigenvalue weighted by atomic mass is 35.5. The number of rotatable bonds is 5. The fourth-order valence-corrected chi connectivity index (χ4v) is 4.30. The van der Waals surface area contributed by atoms with E-state index < -0.39 is 0 Å². The fourth-order valence-electron chi connectivity index (χ4n) is 4.17. The Kier molecular flexibility index (Phi) is 5.84. The quantitative estimate of drug-likeness (QED) is 0.329. The molecule has 7 heteroatoms. The zero-order chi connectivity index (χ0) is 22.8. The van der Waals surface area contributed by atoms with Gasteiger partial charge in [0.2, 0.25) is 5.91 Å².